The van der Waals surface area contributed by atoms with Crippen LogP contribution < -0.4 is 15.9 Å². The van der Waals surface area contributed by atoms with Crippen molar-refractivity contribution < 1.29 is 18.0 Å². The molecule has 1 aliphatic heterocycles. The molecule has 0 saturated carbocycles. The number of amides is 1. The maximum Gasteiger partial charge on any atom is 0.434 e. The van der Waals surface area contributed by atoms with Gasteiger partial charge < -0.3 is 9.72 Å². The molecule has 4 aromatic rings. The van der Waals surface area contributed by atoms with Crippen LogP contribution in [-0.4, -0.2) is 42.8 Å². The van der Waals surface area contributed by atoms with E-state index in [1.165, 1.54) is 23.6 Å². The second kappa shape index (κ2) is 7.86. The third-order valence-corrected chi connectivity index (χ3v) is 5.00. The first-order valence-electron chi connectivity index (χ1n) is 9.43. The Kier molecular flexibility index (Phi) is 4.98. The molecule has 5 rings (SSSR count). The number of rotatable bonds is 4. The predicted octanol–water partition coefficient (Wildman–Crippen LogP) is 3.15. The highest BCUT2D eigenvalue weighted by molar-refractivity contribution is 6.33. The summed E-state index contributed by atoms with van der Waals surface area (Å²) >= 11 is 6.20. The van der Waals surface area contributed by atoms with Gasteiger partial charge in [0.1, 0.15) is 0 Å². The van der Waals surface area contributed by atoms with Gasteiger partial charge in [-0.05, 0) is 18.2 Å². The number of nitrogens with one attached hydrogen (secondary N) is 2. The standard InChI is InChI=1S/C19H13ClF3N9O/c20-13-8-11(9-25-16(13)32-26-3-4-27-32)29-18(33)12-10-28-31(15(12)19(21,22)23)17-14-2-1-6-30(14)7-5-24-17/h1-3,5-10,27H,4H2,(H,29,33). The lowest BCUT2D eigenvalue weighted by molar-refractivity contribution is -0.143. The monoisotopic (exact) mass is 475 g/mol. The van der Waals surface area contributed by atoms with Crippen molar-refractivity contribution in [2.75, 3.05) is 17.0 Å². The number of aromatic nitrogens is 5. The summed E-state index contributed by atoms with van der Waals surface area (Å²) in [5.74, 6) is -0.820. The zero-order valence-electron chi connectivity index (χ0n) is 16.5. The summed E-state index contributed by atoms with van der Waals surface area (Å²) in [6.07, 6.45) is 3.42. The molecule has 0 atom stereocenters. The Morgan fingerprint density at radius 2 is 2.03 bits per heavy atom. The summed E-state index contributed by atoms with van der Waals surface area (Å²) in [5.41, 5.74) is 1.45. The highest BCUT2D eigenvalue weighted by Crippen LogP contribution is 2.34. The molecule has 0 bridgehead atoms. The predicted molar refractivity (Wildman–Crippen MR) is 113 cm³/mol. The minimum absolute atomic E-state index is 0.0680. The van der Waals surface area contributed by atoms with Crippen molar-refractivity contribution in [2.24, 2.45) is 5.10 Å². The van der Waals surface area contributed by atoms with Crippen LogP contribution in [0.1, 0.15) is 16.1 Å². The smallest absolute Gasteiger partial charge is 0.320 e. The Morgan fingerprint density at radius 3 is 2.76 bits per heavy atom. The molecule has 0 unspecified atom stereocenters. The molecule has 0 spiro atoms. The molecule has 0 fully saturated rings. The third kappa shape index (κ3) is 3.76. The van der Waals surface area contributed by atoms with E-state index in [-0.39, 0.29) is 22.3 Å². The van der Waals surface area contributed by atoms with Gasteiger partial charge in [-0.2, -0.15) is 28.5 Å². The molecule has 33 heavy (non-hydrogen) atoms. The average Bonchev–Trinajstić information content (AvgIpc) is 3.52. The zero-order chi connectivity index (χ0) is 23.2. The van der Waals surface area contributed by atoms with Gasteiger partial charge >= 0.3 is 6.18 Å². The van der Waals surface area contributed by atoms with Crippen molar-refractivity contribution in [1.29, 1.82) is 0 Å². The number of hydrazone groups is 1. The van der Waals surface area contributed by atoms with Crippen LogP contribution in [0.25, 0.3) is 11.3 Å². The third-order valence-electron chi connectivity index (χ3n) is 4.72. The molecule has 4 aromatic heterocycles. The van der Waals surface area contributed by atoms with Crippen molar-refractivity contribution in [3.63, 3.8) is 0 Å². The molecule has 10 nitrogen and oxygen atoms in total. The van der Waals surface area contributed by atoms with Crippen LogP contribution in [0.5, 0.6) is 0 Å². The molecule has 0 saturated heterocycles. The van der Waals surface area contributed by atoms with Gasteiger partial charge in [0, 0.05) is 24.8 Å². The van der Waals surface area contributed by atoms with E-state index in [0.717, 1.165) is 6.20 Å². The summed E-state index contributed by atoms with van der Waals surface area (Å²) in [4.78, 5) is 20.9. The maximum atomic E-state index is 14.0. The Labute approximate surface area is 188 Å². The molecule has 1 aliphatic rings. The number of fused-ring (bicyclic) bond motifs is 1. The van der Waals surface area contributed by atoms with Gasteiger partial charge in [0.25, 0.3) is 5.91 Å². The number of halogens is 4. The second-order valence-corrected chi connectivity index (χ2v) is 7.23. The van der Waals surface area contributed by atoms with Gasteiger partial charge in [0.05, 0.1) is 40.7 Å². The Balaban J connectivity index is 1.49. The Morgan fingerprint density at radius 1 is 1.18 bits per heavy atom. The lowest BCUT2D eigenvalue weighted by atomic mass is 10.2. The largest absolute Gasteiger partial charge is 0.434 e. The second-order valence-electron chi connectivity index (χ2n) is 6.82. The van der Waals surface area contributed by atoms with E-state index >= 15 is 0 Å². The van der Waals surface area contributed by atoms with Gasteiger partial charge in [-0.1, -0.05) is 11.6 Å². The topological polar surface area (TPSA) is 105 Å². The van der Waals surface area contributed by atoms with Crippen LogP contribution in [-0.2, 0) is 6.18 Å². The van der Waals surface area contributed by atoms with Crippen LogP contribution in [0.15, 0.2) is 54.3 Å². The van der Waals surface area contributed by atoms with E-state index in [9.17, 15) is 18.0 Å². The van der Waals surface area contributed by atoms with Crippen molar-refractivity contribution >= 4 is 40.7 Å². The zero-order valence-corrected chi connectivity index (χ0v) is 17.2. The molecule has 0 aromatic carbocycles. The highest BCUT2D eigenvalue weighted by atomic mass is 35.5. The fourth-order valence-electron chi connectivity index (χ4n) is 3.34. The van der Waals surface area contributed by atoms with Crippen LogP contribution >= 0.6 is 11.6 Å². The summed E-state index contributed by atoms with van der Waals surface area (Å²) in [7, 11) is 0. The van der Waals surface area contributed by atoms with Gasteiger partial charge in [-0.25, -0.2) is 20.1 Å². The molecule has 0 radical (unpaired) electrons. The summed E-state index contributed by atoms with van der Waals surface area (Å²) in [5, 5.41) is 11.7. The van der Waals surface area contributed by atoms with Crippen LogP contribution in [0.4, 0.5) is 24.7 Å². The molecule has 1 amide bonds. The van der Waals surface area contributed by atoms with E-state index in [1.807, 2.05) is 0 Å². The van der Waals surface area contributed by atoms with Crippen LogP contribution in [0, 0.1) is 0 Å². The minimum atomic E-state index is -4.89. The molecular weight excluding hydrogens is 463 g/mol. The van der Waals surface area contributed by atoms with Gasteiger partial charge in [-0.15, -0.1) is 0 Å². The molecule has 2 N–H and O–H groups in total. The van der Waals surface area contributed by atoms with Crippen molar-refractivity contribution in [3.05, 3.63) is 65.5 Å². The lowest BCUT2D eigenvalue weighted by Gasteiger charge is -2.15. The number of carbonyl (C=O) groups is 1. The average molecular weight is 476 g/mol. The number of pyridine rings is 1. The van der Waals surface area contributed by atoms with Crippen molar-refractivity contribution in [3.8, 4) is 5.82 Å². The first kappa shape index (κ1) is 20.9. The lowest BCUT2D eigenvalue weighted by Crippen LogP contribution is -2.29. The number of nitrogens with zero attached hydrogens (tertiary/aromatic N) is 7. The number of carbonyl (C=O) groups excluding carboxylic acids is 1. The molecular formula is C19H13ClF3N9O. The minimum Gasteiger partial charge on any atom is -0.320 e. The summed E-state index contributed by atoms with van der Waals surface area (Å²) in [6.45, 7) is 0.493. The van der Waals surface area contributed by atoms with E-state index in [1.54, 1.807) is 35.1 Å². The summed E-state index contributed by atoms with van der Waals surface area (Å²) < 4.78 is 44.2. The fourth-order valence-corrected chi connectivity index (χ4v) is 3.59. The van der Waals surface area contributed by atoms with E-state index in [2.05, 4.69) is 30.9 Å². The van der Waals surface area contributed by atoms with E-state index in [0.29, 0.717) is 16.7 Å². The number of hydrogen-bond acceptors (Lipinski definition) is 7. The van der Waals surface area contributed by atoms with Crippen LogP contribution in [0.3, 0.4) is 0 Å². The van der Waals surface area contributed by atoms with Gasteiger partial charge in [-0.3, -0.25) is 4.79 Å². The number of anilines is 2. The molecule has 168 valence electrons. The van der Waals surface area contributed by atoms with Crippen LogP contribution in [0.2, 0.25) is 5.02 Å². The van der Waals surface area contributed by atoms with E-state index in [4.69, 9.17) is 11.6 Å². The van der Waals surface area contributed by atoms with Gasteiger partial charge in [0.2, 0.25) is 0 Å². The molecule has 0 aliphatic carbocycles. The highest BCUT2D eigenvalue weighted by Gasteiger charge is 2.41. The quantitative estimate of drug-likeness (QED) is 0.470. The SMILES string of the molecule is O=C(Nc1cnc(N2N=CCN2)c(Cl)c1)c1cnn(-c2nccn3cccc23)c1C(F)(F)F. The van der Waals surface area contributed by atoms with Crippen molar-refractivity contribution in [1.82, 2.24) is 29.6 Å². The first-order valence-corrected chi connectivity index (χ1v) is 9.81. The maximum absolute atomic E-state index is 14.0. The Hall–Kier alpha value is -3.97. The van der Waals surface area contributed by atoms with Gasteiger partial charge in [0.15, 0.2) is 17.3 Å². The first-order chi connectivity index (χ1) is 15.8. The normalized spacial score (nSPS) is 13.8. The number of hydrazine groups is 1. The van der Waals surface area contributed by atoms with E-state index < -0.39 is 23.3 Å². The number of alkyl halides is 3. The Bertz CT molecular complexity index is 1390. The summed E-state index contributed by atoms with van der Waals surface area (Å²) in [6, 6.07) is 4.62. The molecule has 14 heteroatoms. The molecule has 5 heterocycles. The fraction of sp³-hybridized carbons (Fsp3) is 0.105. The number of hydrogen-bond donors (Lipinski definition) is 2. The van der Waals surface area contributed by atoms with Crippen molar-refractivity contribution in [2.45, 2.75) is 6.18 Å².